The molecule has 2 aromatic carbocycles. The Kier molecular flexibility index (Phi) is 6.56. The number of hydrogen-bond acceptors (Lipinski definition) is 2. The minimum Gasteiger partial charge on any atom is -0.336 e. The number of hydrogen-bond donors (Lipinski definition) is 1. The van der Waals surface area contributed by atoms with Gasteiger partial charge in [0.05, 0.1) is 6.04 Å². The van der Waals surface area contributed by atoms with Gasteiger partial charge in [0.25, 0.3) is 0 Å². The van der Waals surface area contributed by atoms with Gasteiger partial charge in [0.1, 0.15) is 0 Å². The fourth-order valence-electron chi connectivity index (χ4n) is 3.34. The molecule has 0 heterocycles. The first-order valence-corrected chi connectivity index (χ1v) is 8.99. The third-order valence-corrected chi connectivity index (χ3v) is 4.68. The second-order valence-corrected chi connectivity index (χ2v) is 6.87. The number of nitrogens with zero attached hydrogens (tertiary/aromatic N) is 1. The number of rotatable bonds is 6. The average molecular weight is 352 g/mol. The summed E-state index contributed by atoms with van der Waals surface area (Å²) >= 11 is 0. The minimum atomic E-state index is -0.0773. The highest BCUT2D eigenvalue weighted by molar-refractivity contribution is 5.92. The summed E-state index contributed by atoms with van der Waals surface area (Å²) < 4.78 is 0. The zero-order chi connectivity index (χ0) is 19.3. The largest absolute Gasteiger partial charge is 0.336 e. The summed E-state index contributed by atoms with van der Waals surface area (Å²) in [6, 6.07) is 13.9. The highest BCUT2D eigenvalue weighted by Crippen LogP contribution is 2.23. The quantitative estimate of drug-likeness (QED) is 0.829. The van der Waals surface area contributed by atoms with Gasteiger partial charge in [-0.15, -0.1) is 0 Å². The van der Waals surface area contributed by atoms with Crippen LogP contribution in [0.3, 0.4) is 0 Å². The number of anilines is 1. The van der Waals surface area contributed by atoms with Gasteiger partial charge in [-0.3, -0.25) is 9.59 Å². The molecule has 1 atom stereocenters. The lowest BCUT2D eigenvalue weighted by Crippen LogP contribution is -2.34. The van der Waals surface area contributed by atoms with Gasteiger partial charge in [-0.1, -0.05) is 48.0 Å². The summed E-state index contributed by atoms with van der Waals surface area (Å²) in [6.45, 7) is 9.96. The van der Waals surface area contributed by atoms with Crippen molar-refractivity contribution in [2.75, 3.05) is 11.9 Å². The summed E-state index contributed by atoms with van der Waals surface area (Å²) in [6.07, 6.45) is 0.267. The van der Waals surface area contributed by atoms with Crippen LogP contribution in [0.25, 0.3) is 0 Å². The molecule has 0 fully saturated rings. The Morgan fingerprint density at radius 2 is 1.62 bits per heavy atom. The molecule has 4 heteroatoms. The number of carbonyl (C=O) groups excluding carboxylic acids is 2. The highest BCUT2D eigenvalue weighted by atomic mass is 16.2. The number of aryl methyl sites for hydroxylation is 3. The van der Waals surface area contributed by atoms with Crippen molar-refractivity contribution in [1.29, 1.82) is 0 Å². The van der Waals surface area contributed by atoms with Crippen LogP contribution in [-0.4, -0.2) is 23.3 Å². The van der Waals surface area contributed by atoms with Crippen molar-refractivity contribution in [3.8, 4) is 0 Å². The van der Waals surface area contributed by atoms with E-state index in [9.17, 15) is 9.59 Å². The Hall–Kier alpha value is -2.62. The Balaban J connectivity index is 2.03. The molecule has 0 saturated heterocycles. The fraction of sp³-hybridized carbons (Fsp3) is 0.364. The van der Waals surface area contributed by atoms with E-state index < -0.39 is 0 Å². The molecule has 2 aromatic rings. The van der Waals surface area contributed by atoms with Crippen LogP contribution in [0, 0.1) is 20.8 Å². The maximum absolute atomic E-state index is 12.4. The molecule has 26 heavy (non-hydrogen) atoms. The molecule has 0 aliphatic heterocycles. The Morgan fingerprint density at radius 3 is 2.15 bits per heavy atom. The molecule has 2 rings (SSSR count). The third-order valence-electron chi connectivity index (χ3n) is 4.68. The number of benzene rings is 2. The van der Waals surface area contributed by atoms with Crippen LogP contribution in [0.2, 0.25) is 0 Å². The minimum absolute atomic E-state index is 0.0307. The number of carbonyl (C=O) groups is 2. The van der Waals surface area contributed by atoms with Crippen molar-refractivity contribution in [2.24, 2.45) is 0 Å². The number of amides is 2. The second-order valence-electron chi connectivity index (χ2n) is 6.87. The van der Waals surface area contributed by atoms with Crippen LogP contribution >= 0.6 is 0 Å². The molecule has 0 aromatic heterocycles. The molecule has 138 valence electrons. The SMILES string of the molecule is CC(=O)N(CCC(=O)Nc1c(C)cc(C)cc1C)C(C)c1ccccc1. The molecule has 1 N–H and O–H groups in total. The molecule has 0 bridgehead atoms. The van der Waals surface area contributed by atoms with Gasteiger partial charge in [0, 0.05) is 25.6 Å². The zero-order valence-electron chi connectivity index (χ0n) is 16.3. The van der Waals surface area contributed by atoms with Crippen LogP contribution in [0.5, 0.6) is 0 Å². The van der Waals surface area contributed by atoms with E-state index in [4.69, 9.17) is 0 Å². The zero-order valence-corrected chi connectivity index (χ0v) is 16.3. The van der Waals surface area contributed by atoms with Gasteiger partial charge in [0.2, 0.25) is 11.8 Å². The van der Waals surface area contributed by atoms with E-state index in [1.54, 1.807) is 11.8 Å². The van der Waals surface area contributed by atoms with Crippen LogP contribution in [-0.2, 0) is 9.59 Å². The predicted molar refractivity (Wildman–Crippen MR) is 106 cm³/mol. The summed E-state index contributed by atoms with van der Waals surface area (Å²) in [5.41, 5.74) is 5.21. The van der Waals surface area contributed by atoms with Crippen LogP contribution in [0.1, 0.15) is 48.6 Å². The van der Waals surface area contributed by atoms with Crippen molar-refractivity contribution in [1.82, 2.24) is 4.90 Å². The first kappa shape index (κ1) is 19.7. The first-order chi connectivity index (χ1) is 12.3. The van der Waals surface area contributed by atoms with Gasteiger partial charge < -0.3 is 10.2 Å². The van der Waals surface area contributed by atoms with Crippen molar-refractivity contribution in [3.63, 3.8) is 0 Å². The van der Waals surface area contributed by atoms with E-state index in [0.29, 0.717) is 6.54 Å². The summed E-state index contributed by atoms with van der Waals surface area (Å²) in [5, 5.41) is 3.00. The lowest BCUT2D eigenvalue weighted by Gasteiger charge is -2.28. The van der Waals surface area contributed by atoms with Crippen molar-refractivity contribution < 1.29 is 9.59 Å². The average Bonchev–Trinajstić information content (AvgIpc) is 2.58. The van der Waals surface area contributed by atoms with E-state index in [-0.39, 0.29) is 24.3 Å². The monoisotopic (exact) mass is 352 g/mol. The van der Waals surface area contributed by atoms with E-state index in [1.165, 1.54) is 5.56 Å². The molecule has 0 spiro atoms. The topological polar surface area (TPSA) is 49.4 Å². The molecule has 0 aliphatic rings. The summed E-state index contributed by atoms with van der Waals surface area (Å²) in [5.74, 6) is -0.108. The van der Waals surface area contributed by atoms with Crippen LogP contribution in [0.15, 0.2) is 42.5 Å². The molecular formula is C22H28N2O2. The van der Waals surface area contributed by atoms with E-state index >= 15 is 0 Å². The summed E-state index contributed by atoms with van der Waals surface area (Å²) in [7, 11) is 0. The molecule has 4 nitrogen and oxygen atoms in total. The van der Waals surface area contributed by atoms with Gasteiger partial charge in [-0.2, -0.15) is 0 Å². The van der Waals surface area contributed by atoms with Gasteiger partial charge >= 0.3 is 0 Å². The Labute approximate surface area is 156 Å². The lowest BCUT2D eigenvalue weighted by molar-refractivity contribution is -0.131. The van der Waals surface area contributed by atoms with Crippen molar-refractivity contribution in [3.05, 3.63) is 64.7 Å². The Morgan fingerprint density at radius 1 is 1.04 bits per heavy atom. The van der Waals surface area contributed by atoms with E-state index in [1.807, 2.05) is 58.0 Å². The standard InChI is InChI=1S/C22H28N2O2/c1-15-13-16(2)22(17(3)14-15)23-21(26)11-12-24(19(5)25)18(4)20-9-7-6-8-10-20/h6-10,13-14,18H,11-12H2,1-5H3,(H,23,26). The molecule has 1 unspecified atom stereocenters. The predicted octanol–water partition coefficient (Wildman–Crippen LogP) is 4.55. The maximum atomic E-state index is 12.4. The van der Waals surface area contributed by atoms with Crippen LogP contribution < -0.4 is 5.32 Å². The van der Waals surface area contributed by atoms with Crippen molar-refractivity contribution >= 4 is 17.5 Å². The highest BCUT2D eigenvalue weighted by Gasteiger charge is 2.19. The van der Waals surface area contributed by atoms with Crippen molar-refractivity contribution in [2.45, 2.75) is 47.1 Å². The molecule has 0 aliphatic carbocycles. The van der Waals surface area contributed by atoms with Gasteiger partial charge in [-0.05, 0) is 44.4 Å². The van der Waals surface area contributed by atoms with E-state index in [2.05, 4.69) is 17.4 Å². The van der Waals surface area contributed by atoms with E-state index in [0.717, 1.165) is 22.4 Å². The van der Waals surface area contributed by atoms with Gasteiger partial charge in [0.15, 0.2) is 0 Å². The molecular weight excluding hydrogens is 324 g/mol. The molecule has 0 saturated carbocycles. The normalized spacial score (nSPS) is 11.7. The smallest absolute Gasteiger partial charge is 0.226 e. The molecule has 0 radical (unpaired) electrons. The maximum Gasteiger partial charge on any atom is 0.226 e. The summed E-state index contributed by atoms with van der Waals surface area (Å²) in [4.78, 5) is 26.2. The lowest BCUT2D eigenvalue weighted by atomic mass is 10.0. The Bertz CT molecular complexity index is 761. The van der Waals surface area contributed by atoms with Gasteiger partial charge in [-0.25, -0.2) is 0 Å². The first-order valence-electron chi connectivity index (χ1n) is 8.99. The fourth-order valence-corrected chi connectivity index (χ4v) is 3.34. The van der Waals surface area contributed by atoms with Crippen LogP contribution in [0.4, 0.5) is 5.69 Å². The second kappa shape index (κ2) is 8.65. The molecule has 2 amide bonds. The third kappa shape index (κ3) is 4.94. The number of nitrogens with one attached hydrogen (secondary N) is 1.